The number of furan rings is 1. The molecule has 45 heavy (non-hydrogen) atoms. The zero-order valence-electron chi connectivity index (χ0n) is 37.5. The van der Waals surface area contributed by atoms with Crippen molar-refractivity contribution in [2.45, 2.75) is 0 Å². The van der Waals surface area contributed by atoms with Crippen molar-refractivity contribution in [3.05, 3.63) is 170 Å². The summed E-state index contributed by atoms with van der Waals surface area (Å²) in [6, 6.07) is 18.0. The Morgan fingerprint density at radius 2 is 0.933 bits per heavy atom. The maximum absolute atomic E-state index is 9.31. The van der Waals surface area contributed by atoms with Crippen LogP contribution in [0, 0.1) is 0 Å². The van der Waals surface area contributed by atoms with Gasteiger partial charge in [-0.15, -0.1) is 0 Å². The first-order valence-electron chi connectivity index (χ1n) is 21.3. The Labute approximate surface area is 281 Å². The number of benzene rings is 8. The Kier molecular flexibility index (Phi) is 3.50. The van der Waals surface area contributed by atoms with Gasteiger partial charge in [0.05, 0.1) is 19.2 Å². The first kappa shape index (κ1) is 15.2. The Morgan fingerprint density at radius 1 is 0.378 bits per heavy atom. The Bertz CT molecular complexity index is 3220. The molecule has 0 atom stereocenters. The summed E-state index contributed by atoms with van der Waals surface area (Å²) in [7, 11) is 0. The molecule has 8 aromatic carbocycles. The highest BCUT2D eigenvalue weighted by Crippen LogP contribution is 2.47. The van der Waals surface area contributed by atoms with Crippen molar-refractivity contribution in [3.63, 3.8) is 0 Å². The molecule has 0 spiro atoms. The van der Waals surface area contributed by atoms with Gasteiger partial charge in [-0.05, 0) is 84.3 Å². The molecule has 210 valence electrons. The van der Waals surface area contributed by atoms with Gasteiger partial charge in [-0.2, -0.15) is 0 Å². The highest BCUT2D eigenvalue weighted by molar-refractivity contribution is 6.23. The third-order valence-electron chi connectivity index (χ3n) is 8.17. The average molecular weight is 587 g/mol. The Balaban J connectivity index is 1.40. The van der Waals surface area contributed by atoms with Crippen LogP contribution >= 0.6 is 0 Å². The van der Waals surface area contributed by atoms with E-state index in [4.69, 9.17) is 22.2 Å². The van der Waals surface area contributed by atoms with Gasteiger partial charge >= 0.3 is 0 Å². The van der Waals surface area contributed by atoms with Crippen LogP contribution in [0.3, 0.4) is 0 Å². The second-order valence-electron chi connectivity index (χ2n) is 10.6. The van der Waals surface area contributed by atoms with Gasteiger partial charge < -0.3 is 4.42 Å². The van der Waals surface area contributed by atoms with E-state index in [0.717, 1.165) is 11.1 Å². The van der Waals surface area contributed by atoms with E-state index in [-0.39, 0.29) is 34.3 Å². The van der Waals surface area contributed by atoms with Crippen molar-refractivity contribution in [2.24, 2.45) is 0 Å². The molecule has 0 aliphatic rings. The molecule has 9 rings (SSSR count). The van der Waals surface area contributed by atoms with Crippen molar-refractivity contribution in [1.29, 1.82) is 0 Å². The van der Waals surface area contributed by atoms with Crippen molar-refractivity contribution in [3.8, 4) is 44.5 Å². The van der Waals surface area contributed by atoms with Crippen LogP contribution in [0.15, 0.2) is 174 Å². The molecule has 9 aromatic rings. The highest BCUT2D eigenvalue weighted by atomic mass is 16.3. The number of hydrogen-bond donors (Lipinski definition) is 0. The molecule has 1 aromatic heterocycles. The molecule has 0 radical (unpaired) electrons. The van der Waals surface area contributed by atoms with Crippen LogP contribution in [-0.2, 0) is 0 Å². The van der Waals surface area contributed by atoms with Crippen LogP contribution < -0.4 is 0 Å². The molecule has 0 fully saturated rings. The highest BCUT2D eigenvalue weighted by Gasteiger charge is 2.20. The summed E-state index contributed by atoms with van der Waals surface area (Å²) in [6.07, 6.45) is 0. The molecule has 0 saturated carbocycles. The minimum Gasteiger partial charge on any atom is -0.456 e. The largest absolute Gasteiger partial charge is 0.456 e. The minimum absolute atomic E-state index is 0.0203. The molecule has 0 amide bonds. The maximum Gasteiger partial charge on any atom is 0.136 e. The summed E-state index contributed by atoms with van der Waals surface area (Å²) >= 11 is 0. The minimum atomic E-state index is -0.638. The fraction of sp³-hybridized carbons (Fsp3) is 0. The second kappa shape index (κ2) is 10.4. The SMILES string of the molecule is [2H]c1c([2H])c([2H])c(-c2c([2H])c([2H])c([2H])c([2H])c2-c2c3ccccc3c(-c3ccc4oc5cccc(-c6c([2H])c([2H])c([2H])c([2H])c6[2H])c5c4c3)c3ccccc23)c([2H])c1[2H]. The Hall–Kier alpha value is -5.92. The molecule has 0 aliphatic carbocycles. The molecule has 1 nitrogen and oxygen atoms in total. The topological polar surface area (TPSA) is 13.1 Å². The van der Waals surface area contributed by atoms with E-state index in [2.05, 4.69) is 0 Å². The van der Waals surface area contributed by atoms with Gasteiger partial charge in [0.15, 0.2) is 0 Å². The molecule has 0 unspecified atom stereocenters. The van der Waals surface area contributed by atoms with Gasteiger partial charge in [0.2, 0.25) is 0 Å². The van der Waals surface area contributed by atoms with Crippen molar-refractivity contribution in [2.75, 3.05) is 0 Å². The molecular weight excluding hydrogens is 544 g/mol. The predicted octanol–water partition coefficient (Wildman–Crippen LogP) is 12.6. The van der Waals surface area contributed by atoms with E-state index in [9.17, 15) is 1.37 Å². The zero-order chi connectivity index (χ0) is 41.9. The standard InChI is InChI=1S/C44H28O/c1-3-14-29(15-4-1)32-18-7-8-19-34(32)43-37-22-11-9-20-35(37)42(36-21-10-12-23-38(36)43)31-26-27-40-39(28-31)44-33(24-13-25-41(44)45-40)30-16-5-2-6-17-30/h1-28H/i1D,2D,3D,4D,5D,6D,7D,8D,14D,15D,16D,17D,18D,19D. The van der Waals surface area contributed by atoms with Crippen molar-refractivity contribution < 1.29 is 23.6 Å². The number of hydrogen-bond acceptors (Lipinski definition) is 1. The summed E-state index contributed by atoms with van der Waals surface area (Å²) in [4.78, 5) is 0. The summed E-state index contributed by atoms with van der Waals surface area (Å²) in [5.41, 5.74) is 2.65. The summed E-state index contributed by atoms with van der Waals surface area (Å²) < 4.78 is 127. The summed E-state index contributed by atoms with van der Waals surface area (Å²) in [5.74, 6) is 0. The van der Waals surface area contributed by atoms with Crippen LogP contribution in [0.5, 0.6) is 0 Å². The lowest BCUT2D eigenvalue weighted by Gasteiger charge is -2.19. The first-order valence-corrected chi connectivity index (χ1v) is 14.3. The monoisotopic (exact) mass is 586 g/mol. The fourth-order valence-corrected chi connectivity index (χ4v) is 6.35. The van der Waals surface area contributed by atoms with Gasteiger partial charge in [0.1, 0.15) is 11.2 Å². The van der Waals surface area contributed by atoms with E-state index < -0.39 is 72.5 Å². The zero-order valence-corrected chi connectivity index (χ0v) is 23.5. The lowest BCUT2D eigenvalue weighted by Crippen LogP contribution is -1.92. The van der Waals surface area contributed by atoms with E-state index in [1.54, 1.807) is 36.4 Å². The predicted molar refractivity (Wildman–Crippen MR) is 190 cm³/mol. The lowest BCUT2D eigenvalue weighted by molar-refractivity contribution is 0.669. The van der Waals surface area contributed by atoms with Crippen LogP contribution in [0.4, 0.5) is 0 Å². The molecule has 1 heteroatoms. The molecule has 0 N–H and O–H groups in total. The van der Waals surface area contributed by atoms with Crippen molar-refractivity contribution in [1.82, 2.24) is 0 Å². The van der Waals surface area contributed by atoms with Crippen molar-refractivity contribution >= 4 is 43.5 Å². The van der Waals surface area contributed by atoms with E-state index >= 15 is 0 Å². The second-order valence-corrected chi connectivity index (χ2v) is 10.6. The van der Waals surface area contributed by atoms with Crippen LogP contribution in [-0.4, -0.2) is 0 Å². The molecule has 1 heterocycles. The van der Waals surface area contributed by atoms with Crippen LogP contribution in [0.25, 0.3) is 88.0 Å². The Morgan fingerprint density at radius 3 is 1.58 bits per heavy atom. The number of fused-ring (bicyclic) bond motifs is 5. The lowest BCUT2D eigenvalue weighted by atomic mass is 9.83. The van der Waals surface area contributed by atoms with Gasteiger partial charge in [-0.3, -0.25) is 0 Å². The van der Waals surface area contributed by atoms with Gasteiger partial charge in [0, 0.05) is 10.8 Å². The molecular formula is C44H28O. The fourth-order valence-electron chi connectivity index (χ4n) is 6.35. The number of rotatable bonds is 4. The molecule has 0 saturated heterocycles. The summed E-state index contributed by atoms with van der Waals surface area (Å²) in [6.45, 7) is 0. The van der Waals surface area contributed by atoms with E-state index in [1.807, 2.05) is 48.5 Å². The first-order chi connectivity index (χ1) is 28.1. The molecule has 0 aliphatic heterocycles. The third-order valence-corrected chi connectivity index (χ3v) is 8.17. The smallest absolute Gasteiger partial charge is 0.136 e. The summed E-state index contributed by atoms with van der Waals surface area (Å²) in [5, 5.41) is 3.67. The van der Waals surface area contributed by atoms with Gasteiger partial charge in [-0.25, -0.2) is 0 Å². The van der Waals surface area contributed by atoms with Crippen LogP contribution in [0.2, 0.25) is 0 Å². The van der Waals surface area contributed by atoms with Gasteiger partial charge in [0.25, 0.3) is 0 Å². The van der Waals surface area contributed by atoms with E-state index in [1.165, 1.54) is 0 Å². The molecule has 0 bridgehead atoms. The quantitative estimate of drug-likeness (QED) is 0.187. The van der Waals surface area contributed by atoms with E-state index in [0.29, 0.717) is 54.6 Å². The van der Waals surface area contributed by atoms with Crippen LogP contribution in [0.1, 0.15) is 19.2 Å². The average Bonchev–Trinajstić information content (AvgIpc) is 3.63. The normalized spacial score (nSPS) is 15.9. The third kappa shape index (κ3) is 4.09. The van der Waals surface area contributed by atoms with Gasteiger partial charge in [-0.1, -0.05) is 151 Å². The maximum atomic E-state index is 9.31.